The molecule has 1 rings (SSSR count). The average molecular weight is 264 g/mol. The Morgan fingerprint density at radius 2 is 2.05 bits per heavy atom. The molecule has 0 bridgehead atoms. The average Bonchev–Trinajstić information content (AvgIpc) is 2.25. The van der Waals surface area contributed by atoms with Crippen molar-refractivity contribution in [2.75, 3.05) is 12.4 Å². The van der Waals surface area contributed by atoms with E-state index in [2.05, 4.69) is 16.9 Å². The van der Waals surface area contributed by atoms with Crippen molar-refractivity contribution in [1.82, 2.24) is 4.98 Å². The second kappa shape index (κ2) is 5.73. The SMILES string of the molecule is C=C(C)c1cnc(NC(=O)OC(C)(C)C)cc1OC. The van der Waals surface area contributed by atoms with E-state index in [9.17, 15) is 4.79 Å². The molecule has 0 saturated carbocycles. The fourth-order valence-corrected chi connectivity index (χ4v) is 1.40. The molecule has 1 aromatic rings. The van der Waals surface area contributed by atoms with Crippen molar-refractivity contribution in [2.45, 2.75) is 33.3 Å². The third-order valence-corrected chi connectivity index (χ3v) is 2.17. The minimum absolute atomic E-state index is 0.371. The Balaban J connectivity index is 2.86. The Morgan fingerprint density at radius 3 is 2.53 bits per heavy atom. The number of nitrogens with one attached hydrogen (secondary N) is 1. The molecule has 1 aromatic heterocycles. The quantitative estimate of drug-likeness (QED) is 0.908. The Kier molecular flexibility index (Phi) is 4.53. The number of anilines is 1. The lowest BCUT2D eigenvalue weighted by molar-refractivity contribution is 0.0635. The van der Waals surface area contributed by atoms with E-state index in [4.69, 9.17) is 9.47 Å². The summed E-state index contributed by atoms with van der Waals surface area (Å²) >= 11 is 0. The first-order valence-electron chi connectivity index (χ1n) is 5.93. The molecular formula is C14H20N2O3. The van der Waals surface area contributed by atoms with Gasteiger partial charge in [-0.25, -0.2) is 9.78 Å². The van der Waals surface area contributed by atoms with Crippen molar-refractivity contribution in [3.8, 4) is 5.75 Å². The van der Waals surface area contributed by atoms with E-state index in [-0.39, 0.29) is 0 Å². The minimum atomic E-state index is -0.551. The van der Waals surface area contributed by atoms with Gasteiger partial charge < -0.3 is 9.47 Å². The molecule has 0 aliphatic carbocycles. The number of allylic oxidation sites excluding steroid dienone is 1. The first kappa shape index (κ1) is 15.0. The molecule has 0 spiro atoms. The van der Waals surface area contributed by atoms with Gasteiger partial charge in [0.2, 0.25) is 0 Å². The van der Waals surface area contributed by atoms with E-state index in [0.717, 1.165) is 11.1 Å². The van der Waals surface area contributed by atoms with Gasteiger partial charge in [-0.2, -0.15) is 0 Å². The number of pyridine rings is 1. The summed E-state index contributed by atoms with van der Waals surface area (Å²) in [5.41, 5.74) is 1.09. The zero-order valence-electron chi connectivity index (χ0n) is 12.0. The molecule has 0 radical (unpaired) electrons. The third kappa shape index (κ3) is 4.62. The summed E-state index contributed by atoms with van der Waals surface area (Å²) in [7, 11) is 1.55. The van der Waals surface area contributed by atoms with Gasteiger partial charge in [-0.3, -0.25) is 5.32 Å². The standard InChI is InChI=1S/C14H20N2O3/c1-9(2)10-8-15-12(7-11(10)18-6)16-13(17)19-14(3,4)5/h7-8H,1H2,2-6H3,(H,15,16,17). The topological polar surface area (TPSA) is 60.5 Å². The molecule has 0 aromatic carbocycles. The van der Waals surface area contributed by atoms with Gasteiger partial charge in [0.25, 0.3) is 0 Å². The van der Waals surface area contributed by atoms with Gasteiger partial charge in [0.15, 0.2) is 0 Å². The molecule has 0 aliphatic rings. The zero-order valence-corrected chi connectivity index (χ0v) is 12.0. The van der Waals surface area contributed by atoms with Crippen molar-refractivity contribution in [1.29, 1.82) is 0 Å². The largest absolute Gasteiger partial charge is 0.496 e. The van der Waals surface area contributed by atoms with E-state index in [1.165, 1.54) is 0 Å². The number of carbonyl (C=O) groups excluding carboxylic acids is 1. The van der Waals surface area contributed by atoms with Crippen LogP contribution in [0.1, 0.15) is 33.3 Å². The molecule has 1 amide bonds. The highest BCUT2D eigenvalue weighted by atomic mass is 16.6. The van der Waals surface area contributed by atoms with Gasteiger partial charge in [-0.15, -0.1) is 0 Å². The maximum absolute atomic E-state index is 11.6. The first-order chi connectivity index (χ1) is 8.73. The third-order valence-electron chi connectivity index (χ3n) is 2.17. The van der Waals surface area contributed by atoms with Crippen LogP contribution in [0.25, 0.3) is 5.57 Å². The summed E-state index contributed by atoms with van der Waals surface area (Å²) in [5, 5.41) is 2.56. The number of hydrogen-bond donors (Lipinski definition) is 1. The predicted molar refractivity (Wildman–Crippen MR) is 75.4 cm³/mol. The summed E-state index contributed by atoms with van der Waals surface area (Å²) in [6.45, 7) is 11.1. The lowest BCUT2D eigenvalue weighted by Gasteiger charge is -2.19. The molecule has 104 valence electrons. The van der Waals surface area contributed by atoms with E-state index >= 15 is 0 Å². The molecule has 1 heterocycles. The monoisotopic (exact) mass is 264 g/mol. The fourth-order valence-electron chi connectivity index (χ4n) is 1.40. The highest BCUT2D eigenvalue weighted by molar-refractivity contribution is 5.84. The summed E-state index contributed by atoms with van der Waals surface area (Å²) in [6, 6.07) is 1.63. The van der Waals surface area contributed by atoms with Gasteiger partial charge in [-0.1, -0.05) is 6.58 Å². The van der Waals surface area contributed by atoms with Gasteiger partial charge in [-0.05, 0) is 33.3 Å². The van der Waals surface area contributed by atoms with Crippen LogP contribution in [0, 0.1) is 0 Å². The van der Waals surface area contributed by atoms with Gasteiger partial charge in [0.1, 0.15) is 17.2 Å². The van der Waals surface area contributed by atoms with E-state index in [0.29, 0.717) is 11.6 Å². The second-order valence-corrected chi connectivity index (χ2v) is 5.18. The molecule has 19 heavy (non-hydrogen) atoms. The van der Waals surface area contributed by atoms with Crippen LogP contribution in [0.2, 0.25) is 0 Å². The van der Waals surface area contributed by atoms with Gasteiger partial charge in [0.05, 0.1) is 7.11 Å². The molecule has 0 unspecified atom stereocenters. The lowest BCUT2D eigenvalue weighted by atomic mass is 10.1. The molecule has 0 fully saturated rings. The highest BCUT2D eigenvalue weighted by Crippen LogP contribution is 2.26. The highest BCUT2D eigenvalue weighted by Gasteiger charge is 2.17. The number of hydrogen-bond acceptors (Lipinski definition) is 4. The molecule has 0 atom stereocenters. The molecule has 0 aliphatic heterocycles. The Labute approximate surface area is 113 Å². The molecule has 0 saturated heterocycles. The van der Waals surface area contributed by atoms with Crippen molar-refractivity contribution < 1.29 is 14.3 Å². The summed E-state index contributed by atoms with van der Waals surface area (Å²) in [4.78, 5) is 15.7. The number of ether oxygens (including phenoxy) is 2. The Morgan fingerprint density at radius 1 is 1.42 bits per heavy atom. The van der Waals surface area contributed by atoms with Crippen molar-refractivity contribution >= 4 is 17.5 Å². The van der Waals surface area contributed by atoms with Crippen LogP contribution in [-0.2, 0) is 4.74 Å². The van der Waals surface area contributed by atoms with Gasteiger partial charge in [0, 0.05) is 17.8 Å². The fraction of sp³-hybridized carbons (Fsp3) is 0.429. The first-order valence-corrected chi connectivity index (χ1v) is 5.93. The van der Waals surface area contributed by atoms with Crippen LogP contribution in [0.5, 0.6) is 5.75 Å². The summed E-state index contributed by atoms with van der Waals surface area (Å²) in [6.07, 6.45) is 1.05. The summed E-state index contributed by atoms with van der Waals surface area (Å²) < 4.78 is 10.4. The van der Waals surface area contributed by atoms with Crippen LogP contribution in [-0.4, -0.2) is 23.8 Å². The predicted octanol–water partition coefficient (Wildman–Crippen LogP) is 3.47. The minimum Gasteiger partial charge on any atom is -0.496 e. The number of nitrogens with zero attached hydrogens (tertiary/aromatic N) is 1. The Bertz CT molecular complexity index is 490. The molecule has 5 heteroatoms. The normalized spacial score (nSPS) is 10.8. The molecule has 5 nitrogen and oxygen atoms in total. The van der Waals surface area contributed by atoms with Crippen LogP contribution in [0.4, 0.5) is 10.6 Å². The summed E-state index contributed by atoms with van der Waals surface area (Å²) in [5.74, 6) is 0.977. The van der Waals surface area contributed by atoms with E-state index in [1.54, 1.807) is 40.1 Å². The number of amides is 1. The second-order valence-electron chi connectivity index (χ2n) is 5.18. The Hall–Kier alpha value is -2.04. The van der Waals surface area contributed by atoms with Crippen molar-refractivity contribution in [2.24, 2.45) is 0 Å². The molecule has 1 N–H and O–H groups in total. The van der Waals surface area contributed by atoms with Crippen LogP contribution < -0.4 is 10.1 Å². The number of rotatable bonds is 3. The van der Waals surface area contributed by atoms with E-state index in [1.807, 2.05) is 6.92 Å². The maximum atomic E-state index is 11.6. The van der Waals surface area contributed by atoms with Crippen molar-refractivity contribution in [3.05, 3.63) is 24.4 Å². The number of methoxy groups -OCH3 is 1. The number of carbonyl (C=O) groups is 1. The molecular weight excluding hydrogens is 244 g/mol. The zero-order chi connectivity index (χ0) is 14.6. The number of aromatic nitrogens is 1. The lowest BCUT2D eigenvalue weighted by Crippen LogP contribution is -2.27. The van der Waals surface area contributed by atoms with Crippen LogP contribution >= 0.6 is 0 Å². The van der Waals surface area contributed by atoms with Crippen molar-refractivity contribution in [3.63, 3.8) is 0 Å². The van der Waals surface area contributed by atoms with Crippen LogP contribution in [0.15, 0.2) is 18.8 Å². The van der Waals surface area contributed by atoms with Crippen LogP contribution in [0.3, 0.4) is 0 Å². The van der Waals surface area contributed by atoms with E-state index < -0.39 is 11.7 Å². The smallest absolute Gasteiger partial charge is 0.413 e. The maximum Gasteiger partial charge on any atom is 0.413 e. The van der Waals surface area contributed by atoms with Gasteiger partial charge >= 0.3 is 6.09 Å².